The first-order valence-electron chi connectivity index (χ1n) is 16.2. The van der Waals surface area contributed by atoms with E-state index in [1.807, 2.05) is 19.1 Å². The number of ether oxygens (including phenoxy) is 4. The Labute approximate surface area is 284 Å². The minimum atomic E-state index is -0.333. The second-order valence-corrected chi connectivity index (χ2v) is 12.5. The molecule has 2 N–H and O–H groups in total. The summed E-state index contributed by atoms with van der Waals surface area (Å²) in [4.78, 5) is 42.2. The van der Waals surface area contributed by atoms with E-state index in [4.69, 9.17) is 24.4 Å². The number of unbranched alkanes of at least 4 members (excludes halogenated alkanes) is 1. The van der Waals surface area contributed by atoms with Gasteiger partial charge in [-0.15, -0.1) is 12.4 Å². The van der Waals surface area contributed by atoms with Gasteiger partial charge in [0.25, 0.3) is 5.91 Å². The van der Waals surface area contributed by atoms with Gasteiger partial charge in [0.2, 0.25) is 0 Å². The molecule has 0 bridgehead atoms. The van der Waals surface area contributed by atoms with Crippen molar-refractivity contribution in [2.45, 2.75) is 65.8 Å². The molecule has 258 valence electrons. The summed E-state index contributed by atoms with van der Waals surface area (Å²) in [6.45, 7) is 14.0. The van der Waals surface area contributed by atoms with Crippen LogP contribution in [0.1, 0.15) is 91.3 Å². The van der Waals surface area contributed by atoms with E-state index < -0.39 is 0 Å². The second kappa shape index (κ2) is 16.8. The summed E-state index contributed by atoms with van der Waals surface area (Å²) in [6.07, 6.45) is 1.70. The summed E-state index contributed by atoms with van der Waals surface area (Å²) in [6, 6.07) is 7.30. The molecule has 2 heterocycles. The van der Waals surface area contributed by atoms with Crippen LogP contribution in [-0.4, -0.2) is 88.1 Å². The van der Waals surface area contributed by atoms with Gasteiger partial charge in [0, 0.05) is 49.8 Å². The number of hydrogen-bond donors (Lipinski definition) is 2. The zero-order chi connectivity index (χ0) is 33.4. The highest BCUT2D eigenvalue weighted by atomic mass is 35.5. The zero-order valence-electron chi connectivity index (χ0n) is 28.5. The molecule has 1 fully saturated rings. The number of esters is 1. The monoisotopic (exact) mass is 672 g/mol. The number of fused-ring (bicyclic) bond motifs is 1. The number of amides is 1. The highest BCUT2D eigenvalue weighted by molar-refractivity contribution is 6.08. The van der Waals surface area contributed by atoms with Crippen molar-refractivity contribution in [3.8, 4) is 11.5 Å². The van der Waals surface area contributed by atoms with Crippen molar-refractivity contribution in [1.82, 2.24) is 10.2 Å². The highest BCUT2D eigenvalue weighted by Gasteiger charge is 2.31. The van der Waals surface area contributed by atoms with Gasteiger partial charge in [-0.25, -0.2) is 0 Å². The lowest BCUT2D eigenvalue weighted by Gasteiger charge is -2.34. The van der Waals surface area contributed by atoms with E-state index in [9.17, 15) is 14.4 Å². The molecule has 0 aromatic heterocycles. The second-order valence-electron chi connectivity index (χ2n) is 12.5. The van der Waals surface area contributed by atoms with Gasteiger partial charge in [-0.3, -0.25) is 19.8 Å². The van der Waals surface area contributed by atoms with Crippen LogP contribution in [0.5, 0.6) is 11.5 Å². The number of Topliss-reactive ketones (excluding diaryl/α,β-unsaturated/α-hetero) is 1. The third-order valence-electron chi connectivity index (χ3n) is 8.12. The average Bonchev–Trinajstić information content (AvgIpc) is 3.33. The number of hydrogen-bond acceptors (Lipinski definition) is 9. The van der Waals surface area contributed by atoms with Crippen molar-refractivity contribution in [3.05, 3.63) is 52.1 Å². The first-order chi connectivity index (χ1) is 22.0. The number of nitrogens with one attached hydrogen (secondary N) is 2. The van der Waals surface area contributed by atoms with Gasteiger partial charge in [0.1, 0.15) is 17.3 Å². The standard InChI is InChI=1S/C35H48N4O7.ClH/c1-7-44-30-19-24-21-39(33(36)25(24)20-26(30)34(42)37-6)22-29(40)23-17-27(35(3,4)5)32(28(18-23)38-12-15-43-16-13-38)46-14-10-9-11-31(41)45-8-2;/h17-20,36H,7-16,21-22H2,1-6H3,(H,37,42);1H. The van der Waals surface area contributed by atoms with Crippen LogP contribution in [0.3, 0.4) is 0 Å². The smallest absolute Gasteiger partial charge is 0.305 e. The third-order valence-corrected chi connectivity index (χ3v) is 8.12. The van der Waals surface area contributed by atoms with E-state index in [0.717, 1.165) is 22.6 Å². The number of rotatable bonds is 14. The predicted octanol–water partition coefficient (Wildman–Crippen LogP) is 5.14. The van der Waals surface area contributed by atoms with Gasteiger partial charge < -0.3 is 34.1 Å². The van der Waals surface area contributed by atoms with Gasteiger partial charge in [0.05, 0.1) is 50.8 Å². The van der Waals surface area contributed by atoms with Gasteiger partial charge in [-0.2, -0.15) is 0 Å². The van der Waals surface area contributed by atoms with Crippen LogP contribution in [-0.2, 0) is 26.2 Å². The molecule has 47 heavy (non-hydrogen) atoms. The Morgan fingerprint density at radius 2 is 1.72 bits per heavy atom. The van der Waals surface area contributed by atoms with Crippen LogP contribution in [0.25, 0.3) is 0 Å². The zero-order valence-corrected chi connectivity index (χ0v) is 29.3. The molecule has 0 spiro atoms. The summed E-state index contributed by atoms with van der Waals surface area (Å²) >= 11 is 0. The number of nitrogens with zero attached hydrogens (tertiary/aromatic N) is 2. The van der Waals surface area contributed by atoms with Crippen LogP contribution in [0.2, 0.25) is 0 Å². The van der Waals surface area contributed by atoms with Crippen molar-refractivity contribution in [1.29, 1.82) is 5.41 Å². The quantitative estimate of drug-likeness (QED) is 0.159. The lowest BCUT2D eigenvalue weighted by Crippen LogP contribution is -2.37. The van der Waals surface area contributed by atoms with E-state index in [1.54, 1.807) is 31.0 Å². The molecule has 0 radical (unpaired) electrons. The molecule has 4 rings (SSSR count). The average molecular weight is 673 g/mol. The molecular formula is C35H49ClN4O7. The molecule has 2 aliphatic heterocycles. The van der Waals surface area contributed by atoms with Crippen molar-refractivity contribution >= 4 is 41.6 Å². The number of amidine groups is 1. The molecule has 0 aliphatic carbocycles. The maximum absolute atomic E-state index is 14.0. The van der Waals surface area contributed by atoms with E-state index in [1.165, 1.54) is 0 Å². The van der Waals surface area contributed by atoms with Crippen molar-refractivity contribution in [2.75, 3.05) is 64.6 Å². The Bertz CT molecular complexity index is 1450. The summed E-state index contributed by atoms with van der Waals surface area (Å²) in [5, 5.41) is 11.5. The molecule has 1 amide bonds. The van der Waals surface area contributed by atoms with Crippen LogP contribution < -0.4 is 19.7 Å². The van der Waals surface area contributed by atoms with E-state index in [-0.39, 0.29) is 47.9 Å². The van der Waals surface area contributed by atoms with Gasteiger partial charge in [-0.1, -0.05) is 20.8 Å². The van der Waals surface area contributed by atoms with E-state index >= 15 is 0 Å². The molecule has 11 nitrogen and oxygen atoms in total. The number of benzene rings is 2. The fourth-order valence-electron chi connectivity index (χ4n) is 5.72. The van der Waals surface area contributed by atoms with E-state index in [2.05, 4.69) is 31.0 Å². The molecule has 0 atom stereocenters. The molecule has 12 heteroatoms. The highest BCUT2D eigenvalue weighted by Crippen LogP contribution is 2.41. The summed E-state index contributed by atoms with van der Waals surface area (Å²) in [5.41, 5.74) is 3.80. The van der Waals surface area contributed by atoms with Gasteiger partial charge in [0.15, 0.2) is 5.78 Å². The Morgan fingerprint density at radius 1 is 1.00 bits per heavy atom. The molecule has 0 unspecified atom stereocenters. The van der Waals surface area contributed by atoms with Crippen LogP contribution >= 0.6 is 12.4 Å². The Balaban J connectivity index is 0.00000600. The molecule has 2 aliphatic rings. The molecule has 2 aromatic rings. The fourth-order valence-corrected chi connectivity index (χ4v) is 5.72. The van der Waals surface area contributed by atoms with Crippen molar-refractivity contribution in [3.63, 3.8) is 0 Å². The minimum Gasteiger partial charge on any atom is -0.493 e. The normalized spacial score (nSPS) is 14.3. The molecular weight excluding hydrogens is 624 g/mol. The molecule has 0 saturated carbocycles. The lowest BCUT2D eigenvalue weighted by molar-refractivity contribution is -0.143. The van der Waals surface area contributed by atoms with E-state index in [0.29, 0.717) is 94.4 Å². The number of ketones is 1. The SMILES string of the molecule is CCOC(=O)CCCCOc1c(N2CCOCC2)cc(C(=O)CN2Cc3cc(OCC)c(C(=O)NC)cc3C2=N)cc1C(C)(C)C.Cl. The fraction of sp³-hybridized carbons (Fsp3) is 0.543. The first kappa shape index (κ1) is 37.6. The van der Waals surface area contributed by atoms with Crippen LogP contribution in [0.4, 0.5) is 5.69 Å². The number of morpholine rings is 1. The largest absolute Gasteiger partial charge is 0.493 e. The number of halogens is 1. The Morgan fingerprint density at radius 3 is 2.36 bits per heavy atom. The number of carbonyl (C=O) groups excluding carboxylic acids is 3. The van der Waals surface area contributed by atoms with Gasteiger partial charge >= 0.3 is 5.97 Å². The van der Waals surface area contributed by atoms with Crippen molar-refractivity contribution in [2.24, 2.45) is 0 Å². The third kappa shape index (κ3) is 9.16. The maximum atomic E-state index is 14.0. The number of carbonyl (C=O) groups is 3. The lowest BCUT2D eigenvalue weighted by atomic mass is 9.84. The maximum Gasteiger partial charge on any atom is 0.305 e. The molecule has 2 aromatic carbocycles. The minimum absolute atomic E-state index is 0. The van der Waals surface area contributed by atoms with Crippen LogP contribution in [0, 0.1) is 5.41 Å². The van der Waals surface area contributed by atoms with Crippen LogP contribution in [0.15, 0.2) is 24.3 Å². The first-order valence-corrected chi connectivity index (χ1v) is 16.2. The molecule has 1 saturated heterocycles. The van der Waals surface area contributed by atoms with Crippen molar-refractivity contribution < 1.29 is 33.3 Å². The topological polar surface area (TPSA) is 130 Å². The number of anilines is 1. The Hall–Kier alpha value is -3.83. The van der Waals surface area contributed by atoms with Gasteiger partial charge in [-0.05, 0) is 61.9 Å². The summed E-state index contributed by atoms with van der Waals surface area (Å²) < 4.78 is 22.8. The summed E-state index contributed by atoms with van der Waals surface area (Å²) in [7, 11) is 1.56. The Kier molecular flexibility index (Phi) is 13.5. The summed E-state index contributed by atoms with van der Waals surface area (Å²) in [5.74, 6) is 0.793. The predicted molar refractivity (Wildman–Crippen MR) is 184 cm³/mol.